The Morgan fingerprint density at radius 2 is 2.13 bits per heavy atom. The third-order valence-electron chi connectivity index (χ3n) is 2.12. The quantitative estimate of drug-likeness (QED) is 0.556. The lowest BCUT2D eigenvalue weighted by atomic mass is 10.0. The summed E-state index contributed by atoms with van der Waals surface area (Å²) >= 11 is 0. The molecule has 2 nitrogen and oxygen atoms in total. The Morgan fingerprint density at radius 1 is 1.40 bits per heavy atom. The standard InChI is InChI=1S/C13H14O2/c1-3-4-5-8-11-9-6-7-10-12(11)13(14)15-2/h6-7,9-10H,5,8H2,1-2H3. The summed E-state index contributed by atoms with van der Waals surface area (Å²) in [4.78, 5) is 11.4. The van der Waals surface area contributed by atoms with Crippen LogP contribution in [0.3, 0.4) is 0 Å². The second-order valence-corrected chi connectivity index (χ2v) is 3.08. The van der Waals surface area contributed by atoms with Gasteiger partial charge in [0.1, 0.15) is 0 Å². The Hall–Kier alpha value is -1.75. The van der Waals surface area contributed by atoms with Gasteiger partial charge in [0.2, 0.25) is 0 Å². The Kier molecular flexibility index (Phi) is 4.43. The van der Waals surface area contributed by atoms with E-state index in [1.54, 1.807) is 6.07 Å². The van der Waals surface area contributed by atoms with Crippen molar-refractivity contribution >= 4 is 5.97 Å². The summed E-state index contributed by atoms with van der Waals surface area (Å²) in [5, 5.41) is 0. The Balaban J connectivity index is 2.84. The largest absolute Gasteiger partial charge is 0.465 e. The van der Waals surface area contributed by atoms with Gasteiger partial charge >= 0.3 is 5.97 Å². The molecular formula is C13H14O2. The van der Waals surface area contributed by atoms with E-state index in [4.69, 9.17) is 4.74 Å². The summed E-state index contributed by atoms with van der Waals surface area (Å²) in [7, 11) is 1.39. The second kappa shape index (κ2) is 5.87. The van der Waals surface area contributed by atoms with Crippen LogP contribution < -0.4 is 0 Å². The normalized spacial score (nSPS) is 8.93. The molecular weight excluding hydrogens is 188 g/mol. The molecule has 0 spiro atoms. The molecule has 0 heterocycles. The first-order valence-electron chi connectivity index (χ1n) is 4.85. The van der Waals surface area contributed by atoms with Gasteiger partial charge in [0, 0.05) is 6.42 Å². The molecule has 78 valence electrons. The zero-order chi connectivity index (χ0) is 11.1. The van der Waals surface area contributed by atoms with E-state index in [1.165, 1.54) is 7.11 Å². The molecule has 0 aliphatic rings. The maximum absolute atomic E-state index is 11.4. The smallest absolute Gasteiger partial charge is 0.338 e. The molecule has 1 aromatic carbocycles. The highest BCUT2D eigenvalue weighted by Gasteiger charge is 2.09. The molecule has 0 bridgehead atoms. The van der Waals surface area contributed by atoms with E-state index in [0.29, 0.717) is 5.56 Å². The van der Waals surface area contributed by atoms with Gasteiger partial charge in [-0.3, -0.25) is 0 Å². The molecule has 15 heavy (non-hydrogen) atoms. The number of benzene rings is 1. The molecule has 0 fully saturated rings. The fourth-order valence-electron chi connectivity index (χ4n) is 1.37. The molecule has 0 aromatic heterocycles. The van der Waals surface area contributed by atoms with E-state index < -0.39 is 0 Å². The lowest BCUT2D eigenvalue weighted by molar-refractivity contribution is 0.0599. The zero-order valence-corrected chi connectivity index (χ0v) is 9.04. The molecule has 1 rings (SSSR count). The molecule has 0 aliphatic heterocycles. The van der Waals surface area contributed by atoms with E-state index in [1.807, 2.05) is 25.1 Å². The summed E-state index contributed by atoms with van der Waals surface area (Å²) in [6, 6.07) is 7.46. The summed E-state index contributed by atoms with van der Waals surface area (Å²) in [6.07, 6.45) is 1.55. The van der Waals surface area contributed by atoms with Crippen molar-refractivity contribution < 1.29 is 9.53 Å². The minimum absolute atomic E-state index is 0.282. The van der Waals surface area contributed by atoms with Gasteiger partial charge in [0.15, 0.2) is 0 Å². The number of esters is 1. The van der Waals surface area contributed by atoms with Gasteiger partial charge < -0.3 is 4.74 Å². The van der Waals surface area contributed by atoms with Crippen molar-refractivity contribution in [1.82, 2.24) is 0 Å². The maximum Gasteiger partial charge on any atom is 0.338 e. The van der Waals surface area contributed by atoms with Gasteiger partial charge in [-0.2, -0.15) is 0 Å². The number of methoxy groups -OCH3 is 1. The third-order valence-corrected chi connectivity index (χ3v) is 2.12. The first kappa shape index (κ1) is 11.3. The van der Waals surface area contributed by atoms with Gasteiger partial charge in [-0.05, 0) is 25.0 Å². The Bertz CT molecular complexity index is 396. The average Bonchev–Trinajstić information content (AvgIpc) is 2.29. The summed E-state index contributed by atoms with van der Waals surface area (Å²) < 4.78 is 4.71. The predicted octanol–water partition coefficient (Wildman–Crippen LogP) is 2.43. The van der Waals surface area contributed by atoms with Crippen LogP contribution in [-0.2, 0) is 11.2 Å². The van der Waals surface area contributed by atoms with E-state index in [2.05, 4.69) is 11.8 Å². The average molecular weight is 202 g/mol. The van der Waals surface area contributed by atoms with Crippen molar-refractivity contribution in [3.05, 3.63) is 35.4 Å². The number of carbonyl (C=O) groups is 1. The topological polar surface area (TPSA) is 26.3 Å². The minimum Gasteiger partial charge on any atom is -0.465 e. The van der Waals surface area contributed by atoms with Crippen LogP contribution >= 0.6 is 0 Å². The van der Waals surface area contributed by atoms with E-state index in [-0.39, 0.29) is 5.97 Å². The molecule has 0 N–H and O–H groups in total. The van der Waals surface area contributed by atoms with Crippen LogP contribution in [0.2, 0.25) is 0 Å². The zero-order valence-electron chi connectivity index (χ0n) is 9.04. The monoisotopic (exact) mass is 202 g/mol. The van der Waals surface area contributed by atoms with Crippen molar-refractivity contribution in [2.75, 3.05) is 7.11 Å². The lowest BCUT2D eigenvalue weighted by Crippen LogP contribution is -2.05. The number of carbonyl (C=O) groups excluding carboxylic acids is 1. The highest BCUT2D eigenvalue weighted by atomic mass is 16.5. The van der Waals surface area contributed by atoms with E-state index >= 15 is 0 Å². The molecule has 0 saturated heterocycles. The molecule has 0 unspecified atom stereocenters. The predicted molar refractivity (Wildman–Crippen MR) is 59.6 cm³/mol. The maximum atomic E-state index is 11.4. The summed E-state index contributed by atoms with van der Waals surface area (Å²) in [6.45, 7) is 1.81. The molecule has 0 atom stereocenters. The number of ether oxygens (including phenoxy) is 1. The first-order valence-corrected chi connectivity index (χ1v) is 4.85. The highest BCUT2D eigenvalue weighted by Crippen LogP contribution is 2.11. The van der Waals surface area contributed by atoms with Crippen LogP contribution in [0, 0.1) is 11.8 Å². The summed E-state index contributed by atoms with van der Waals surface area (Å²) in [5.74, 6) is 5.53. The number of rotatable bonds is 3. The SMILES string of the molecule is CC#CCCc1ccccc1C(=O)OC. The van der Waals surface area contributed by atoms with Gasteiger partial charge in [0.25, 0.3) is 0 Å². The van der Waals surface area contributed by atoms with Crippen molar-refractivity contribution in [3.8, 4) is 11.8 Å². The molecule has 1 aromatic rings. The third kappa shape index (κ3) is 3.14. The molecule has 0 aliphatic carbocycles. The summed E-state index contributed by atoms with van der Waals surface area (Å²) in [5.41, 5.74) is 1.63. The fraction of sp³-hybridized carbons (Fsp3) is 0.308. The second-order valence-electron chi connectivity index (χ2n) is 3.08. The lowest BCUT2D eigenvalue weighted by Gasteiger charge is -2.05. The van der Waals surface area contributed by atoms with Crippen LogP contribution in [0.25, 0.3) is 0 Å². The number of aryl methyl sites for hydroxylation is 1. The van der Waals surface area contributed by atoms with Crippen molar-refractivity contribution in [3.63, 3.8) is 0 Å². The Morgan fingerprint density at radius 3 is 2.80 bits per heavy atom. The minimum atomic E-state index is -0.282. The van der Waals surface area contributed by atoms with Crippen LogP contribution in [0.15, 0.2) is 24.3 Å². The van der Waals surface area contributed by atoms with Crippen LogP contribution in [0.4, 0.5) is 0 Å². The van der Waals surface area contributed by atoms with Crippen LogP contribution in [-0.4, -0.2) is 13.1 Å². The van der Waals surface area contributed by atoms with Crippen LogP contribution in [0.5, 0.6) is 0 Å². The van der Waals surface area contributed by atoms with Crippen LogP contribution in [0.1, 0.15) is 29.3 Å². The molecule has 0 amide bonds. The van der Waals surface area contributed by atoms with E-state index in [9.17, 15) is 4.79 Å². The fourth-order valence-corrected chi connectivity index (χ4v) is 1.37. The van der Waals surface area contributed by atoms with E-state index in [0.717, 1.165) is 18.4 Å². The molecule has 2 heteroatoms. The van der Waals surface area contributed by atoms with Crippen molar-refractivity contribution in [2.24, 2.45) is 0 Å². The van der Waals surface area contributed by atoms with Gasteiger partial charge in [-0.1, -0.05) is 18.2 Å². The highest BCUT2D eigenvalue weighted by molar-refractivity contribution is 5.90. The Labute approximate surface area is 90.3 Å². The molecule has 0 saturated carbocycles. The van der Waals surface area contributed by atoms with Gasteiger partial charge in [-0.15, -0.1) is 11.8 Å². The van der Waals surface area contributed by atoms with Crippen molar-refractivity contribution in [2.45, 2.75) is 19.8 Å². The van der Waals surface area contributed by atoms with Gasteiger partial charge in [-0.25, -0.2) is 4.79 Å². The first-order chi connectivity index (χ1) is 7.29. The molecule has 0 radical (unpaired) electrons. The van der Waals surface area contributed by atoms with Gasteiger partial charge in [0.05, 0.1) is 12.7 Å². The van der Waals surface area contributed by atoms with Crippen molar-refractivity contribution in [1.29, 1.82) is 0 Å². The number of hydrogen-bond acceptors (Lipinski definition) is 2. The number of hydrogen-bond donors (Lipinski definition) is 0.